The molecule has 10 heteroatoms. The minimum absolute atomic E-state index is 0.0275. The summed E-state index contributed by atoms with van der Waals surface area (Å²) in [6, 6.07) is 10.8. The molecule has 0 unspecified atom stereocenters. The van der Waals surface area contributed by atoms with Gasteiger partial charge in [0.2, 0.25) is 10.0 Å². The number of aromatic amines is 1. The molecule has 0 radical (unpaired) electrons. The van der Waals surface area contributed by atoms with Crippen molar-refractivity contribution in [2.45, 2.75) is 43.7 Å². The number of aromatic nitrogens is 2. The normalized spacial score (nSPS) is 13.9. The van der Waals surface area contributed by atoms with E-state index >= 15 is 0 Å². The fraction of sp³-hybridized carbons (Fsp3) is 0.318. The topological polar surface area (TPSA) is 112 Å². The number of nitrogens with zero attached hydrogens (tertiary/aromatic N) is 2. The first-order valence-electron chi connectivity index (χ1n) is 10.4. The Morgan fingerprint density at radius 2 is 2.03 bits per heavy atom. The van der Waals surface area contributed by atoms with Crippen LogP contribution in [0.2, 0.25) is 5.02 Å². The van der Waals surface area contributed by atoms with Gasteiger partial charge < -0.3 is 9.88 Å². The molecule has 0 spiro atoms. The molecule has 0 aliphatic heterocycles. The number of fused-ring (bicyclic) bond motifs is 1. The highest BCUT2D eigenvalue weighted by Crippen LogP contribution is 2.23. The van der Waals surface area contributed by atoms with Gasteiger partial charge in [-0.3, -0.25) is 9.59 Å². The minimum Gasteiger partial charge on any atom is -0.331 e. The SMILES string of the molecule is CCCN(Cc1nc2cc(Cl)ccc2c(=O)[nH]1)C(=O)c1cccc(S(=O)(=O)NC2CC2)c1. The standard InChI is InChI=1S/C22H23ClN4O4S/c1-2-10-27(13-20-24-19-12-15(23)6-9-18(19)21(28)25-20)22(29)14-4-3-5-17(11-14)32(30,31)26-16-7-8-16/h3-6,9,11-12,16,26H,2,7-8,10,13H2,1H3,(H,24,25,28). The molecule has 8 nitrogen and oxygen atoms in total. The molecule has 2 N–H and O–H groups in total. The van der Waals surface area contributed by atoms with Crippen molar-refractivity contribution < 1.29 is 13.2 Å². The molecule has 0 saturated heterocycles. The Morgan fingerprint density at radius 3 is 2.75 bits per heavy atom. The van der Waals surface area contributed by atoms with E-state index in [1.165, 1.54) is 17.0 Å². The monoisotopic (exact) mass is 474 g/mol. The first kappa shape index (κ1) is 22.4. The number of benzene rings is 2. The van der Waals surface area contributed by atoms with Gasteiger partial charge in [0.25, 0.3) is 11.5 Å². The summed E-state index contributed by atoms with van der Waals surface area (Å²) in [5.74, 6) is -0.0186. The van der Waals surface area contributed by atoms with E-state index in [9.17, 15) is 18.0 Å². The Morgan fingerprint density at radius 1 is 1.25 bits per heavy atom. The summed E-state index contributed by atoms with van der Waals surface area (Å²) in [6.07, 6.45) is 2.32. The highest BCUT2D eigenvalue weighted by atomic mass is 35.5. The fourth-order valence-electron chi connectivity index (χ4n) is 3.41. The predicted octanol–water partition coefficient (Wildman–Crippen LogP) is 3.07. The van der Waals surface area contributed by atoms with E-state index in [0.717, 1.165) is 12.8 Å². The van der Waals surface area contributed by atoms with Crippen LogP contribution in [-0.4, -0.2) is 41.8 Å². The van der Waals surface area contributed by atoms with Gasteiger partial charge in [-0.05, 0) is 55.7 Å². The van der Waals surface area contributed by atoms with Crippen molar-refractivity contribution in [2.24, 2.45) is 0 Å². The molecule has 0 bridgehead atoms. The molecule has 1 aromatic heterocycles. The van der Waals surface area contributed by atoms with Crippen molar-refractivity contribution in [1.82, 2.24) is 19.6 Å². The van der Waals surface area contributed by atoms with E-state index < -0.39 is 10.0 Å². The van der Waals surface area contributed by atoms with E-state index in [-0.39, 0.29) is 34.5 Å². The molecule has 1 fully saturated rings. The molecule has 3 aromatic rings. The molecular formula is C22H23ClN4O4S. The van der Waals surface area contributed by atoms with Crippen LogP contribution < -0.4 is 10.3 Å². The lowest BCUT2D eigenvalue weighted by molar-refractivity contribution is 0.0738. The van der Waals surface area contributed by atoms with Crippen LogP contribution in [0.15, 0.2) is 52.2 Å². The van der Waals surface area contributed by atoms with Crippen LogP contribution in [0, 0.1) is 0 Å². The van der Waals surface area contributed by atoms with E-state index in [1.54, 1.807) is 30.3 Å². The highest BCUT2D eigenvalue weighted by Gasteiger charge is 2.28. The second-order valence-corrected chi connectivity index (χ2v) is 9.97. The zero-order chi connectivity index (χ0) is 22.9. The van der Waals surface area contributed by atoms with Gasteiger partial charge in [0.05, 0.1) is 22.3 Å². The summed E-state index contributed by atoms with van der Waals surface area (Å²) in [5.41, 5.74) is 0.382. The van der Waals surface area contributed by atoms with Crippen LogP contribution in [0.4, 0.5) is 0 Å². The van der Waals surface area contributed by atoms with Crippen molar-refractivity contribution >= 4 is 38.4 Å². The number of hydrogen-bond acceptors (Lipinski definition) is 5. The van der Waals surface area contributed by atoms with E-state index in [0.29, 0.717) is 34.7 Å². The number of sulfonamides is 1. The summed E-state index contributed by atoms with van der Waals surface area (Å²) in [7, 11) is -3.68. The van der Waals surface area contributed by atoms with Gasteiger partial charge in [-0.25, -0.2) is 18.1 Å². The van der Waals surface area contributed by atoms with Crippen LogP contribution in [0.5, 0.6) is 0 Å². The Bertz CT molecular complexity index is 1340. The zero-order valence-corrected chi connectivity index (χ0v) is 19.0. The first-order valence-corrected chi connectivity index (χ1v) is 12.2. The summed E-state index contributed by atoms with van der Waals surface area (Å²) < 4.78 is 27.7. The maximum absolute atomic E-state index is 13.2. The van der Waals surface area contributed by atoms with Crippen LogP contribution in [0.25, 0.3) is 10.9 Å². The van der Waals surface area contributed by atoms with Gasteiger partial charge in [-0.2, -0.15) is 0 Å². The van der Waals surface area contributed by atoms with Crippen molar-refractivity contribution in [3.63, 3.8) is 0 Å². The second-order valence-electron chi connectivity index (χ2n) is 7.82. The van der Waals surface area contributed by atoms with Gasteiger partial charge in [-0.15, -0.1) is 0 Å². The Labute approximate surface area is 190 Å². The highest BCUT2D eigenvalue weighted by molar-refractivity contribution is 7.89. The third-order valence-corrected chi connectivity index (χ3v) is 6.88. The number of carbonyl (C=O) groups excluding carboxylic acids is 1. The molecule has 168 valence electrons. The summed E-state index contributed by atoms with van der Waals surface area (Å²) in [4.78, 5) is 34.4. The van der Waals surface area contributed by atoms with Crippen molar-refractivity contribution in [3.05, 3.63) is 69.2 Å². The van der Waals surface area contributed by atoms with Gasteiger partial charge in [0, 0.05) is 23.2 Å². The Kier molecular flexibility index (Phi) is 6.32. The van der Waals surface area contributed by atoms with Crippen LogP contribution in [0.3, 0.4) is 0 Å². The number of halogens is 1. The maximum atomic E-state index is 13.2. The Balaban J connectivity index is 1.62. The van der Waals surface area contributed by atoms with E-state index in [2.05, 4.69) is 14.7 Å². The van der Waals surface area contributed by atoms with Gasteiger partial charge in [-0.1, -0.05) is 24.6 Å². The molecular weight excluding hydrogens is 452 g/mol. The average molecular weight is 475 g/mol. The molecule has 32 heavy (non-hydrogen) atoms. The van der Waals surface area contributed by atoms with E-state index in [1.807, 2.05) is 6.92 Å². The number of nitrogens with one attached hydrogen (secondary N) is 2. The maximum Gasteiger partial charge on any atom is 0.258 e. The third-order valence-electron chi connectivity index (χ3n) is 5.13. The van der Waals surface area contributed by atoms with Crippen LogP contribution in [-0.2, 0) is 16.6 Å². The number of hydrogen-bond donors (Lipinski definition) is 2. The quantitative estimate of drug-likeness (QED) is 0.521. The third kappa shape index (κ3) is 5.01. The number of H-pyrrole nitrogens is 1. The lowest BCUT2D eigenvalue weighted by atomic mass is 10.2. The number of amides is 1. The zero-order valence-electron chi connectivity index (χ0n) is 17.5. The summed E-state index contributed by atoms with van der Waals surface area (Å²) in [6.45, 7) is 2.41. The molecule has 1 amide bonds. The molecule has 2 aromatic carbocycles. The summed E-state index contributed by atoms with van der Waals surface area (Å²) >= 11 is 6.03. The van der Waals surface area contributed by atoms with E-state index in [4.69, 9.17) is 11.6 Å². The summed E-state index contributed by atoms with van der Waals surface area (Å²) in [5, 5.41) is 0.869. The largest absolute Gasteiger partial charge is 0.331 e. The number of carbonyl (C=O) groups is 1. The molecule has 0 atom stereocenters. The molecule has 4 rings (SSSR count). The van der Waals surface area contributed by atoms with Crippen LogP contribution >= 0.6 is 11.6 Å². The van der Waals surface area contributed by atoms with Crippen molar-refractivity contribution in [2.75, 3.05) is 6.54 Å². The smallest absolute Gasteiger partial charge is 0.258 e. The van der Waals surface area contributed by atoms with Crippen molar-refractivity contribution in [1.29, 1.82) is 0 Å². The Hall–Kier alpha value is -2.75. The van der Waals surface area contributed by atoms with Gasteiger partial charge in [0.15, 0.2) is 0 Å². The fourth-order valence-corrected chi connectivity index (χ4v) is 4.92. The molecule has 1 saturated carbocycles. The molecule has 1 aliphatic carbocycles. The number of rotatable bonds is 8. The predicted molar refractivity (Wildman–Crippen MR) is 122 cm³/mol. The second kappa shape index (κ2) is 9.01. The lowest BCUT2D eigenvalue weighted by Crippen LogP contribution is -2.33. The minimum atomic E-state index is -3.68. The van der Waals surface area contributed by atoms with Crippen LogP contribution in [0.1, 0.15) is 42.4 Å². The molecule has 1 aliphatic rings. The molecule has 1 heterocycles. The first-order chi connectivity index (χ1) is 15.3. The van der Waals surface area contributed by atoms with Gasteiger partial charge in [0.1, 0.15) is 5.82 Å². The van der Waals surface area contributed by atoms with Crippen molar-refractivity contribution in [3.8, 4) is 0 Å². The lowest BCUT2D eigenvalue weighted by Gasteiger charge is -2.22. The van der Waals surface area contributed by atoms with Gasteiger partial charge >= 0.3 is 0 Å². The average Bonchev–Trinajstić information content (AvgIpc) is 3.56.